The number of rotatable bonds is 8. The van der Waals surface area contributed by atoms with Gasteiger partial charge >= 0.3 is 0 Å². The van der Waals surface area contributed by atoms with Gasteiger partial charge in [0.05, 0.1) is 5.92 Å². The molecule has 3 N–H and O–H groups in total. The molecule has 0 aliphatic carbocycles. The maximum atomic E-state index is 11.8. The summed E-state index contributed by atoms with van der Waals surface area (Å²) in [5.74, 6) is -0.718. The van der Waals surface area contributed by atoms with Gasteiger partial charge < -0.3 is 9.90 Å². The summed E-state index contributed by atoms with van der Waals surface area (Å²) in [7, 11) is 0. The van der Waals surface area contributed by atoms with Crippen LogP contribution in [0.25, 0.3) is 0 Å². The first-order chi connectivity index (χ1) is 9.97. The molecule has 6 heteroatoms. The summed E-state index contributed by atoms with van der Waals surface area (Å²) in [6.45, 7) is 3.97. The minimum Gasteiger partial charge on any atom is -0.508 e. The Bertz CT molecular complexity index is 461. The van der Waals surface area contributed by atoms with Crippen LogP contribution in [0, 0.1) is 17.8 Å². The highest BCUT2D eigenvalue weighted by Crippen LogP contribution is 2.28. The van der Waals surface area contributed by atoms with E-state index in [1.807, 2.05) is 13.8 Å². The van der Waals surface area contributed by atoms with E-state index >= 15 is 0 Å². The van der Waals surface area contributed by atoms with Crippen molar-refractivity contribution < 1.29 is 19.9 Å². The van der Waals surface area contributed by atoms with Gasteiger partial charge in [-0.1, -0.05) is 13.8 Å². The number of hydrogen-bond donors (Lipinski definition) is 3. The molecular formula is C15H21NO4S. The molecule has 1 amide bonds. The zero-order chi connectivity index (χ0) is 15.8. The molecule has 5 nitrogen and oxygen atoms in total. The number of thioether (sulfide) groups is 1. The molecule has 0 heterocycles. The van der Waals surface area contributed by atoms with Crippen LogP contribution in [0.5, 0.6) is 5.75 Å². The van der Waals surface area contributed by atoms with Crippen molar-refractivity contribution >= 4 is 24.0 Å². The minimum atomic E-state index is -0.589. The Labute approximate surface area is 128 Å². The Kier molecular flexibility index (Phi) is 7.25. The van der Waals surface area contributed by atoms with E-state index in [0.717, 1.165) is 11.2 Å². The second-order valence-electron chi connectivity index (χ2n) is 5.32. The number of hydroxylamine groups is 1. The van der Waals surface area contributed by atoms with E-state index in [9.17, 15) is 14.7 Å². The first-order valence-electron chi connectivity index (χ1n) is 6.79. The van der Waals surface area contributed by atoms with E-state index in [1.54, 1.807) is 29.7 Å². The van der Waals surface area contributed by atoms with Gasteiger partial charge in [0.15, 0.2) is 0 Å². The quantitative estimate of drug-likeness (QED) is 0.297. The Morgan fingerprint density at radius 3 is 2.43 bits per heavy atom. The molecule has 0 unspecified atom stereocenters. The fourth-order valence-electron chi connectivity index (χ4n) is 2.06. The molecule has 1 aromatic carbocycles. The normalized spacial score (nSPS) is 13.7. The number of amides is 1. The van der Waals surface area contributed by atoms with Crippen LogP contribution in [0.4, 0.5) is 0 Å². The van der Waals surface area contributed by atoms with E-state index in [2.05, 4.69) is 0 Å². The Balaban J connectivity index is 2.75. The molecule has 0 bridgehead atoms. The van der Waals surface area contributed by atoms with Crippen LogP contribution in [0.2, 0.25) is 0 Å². The molecular weight excluding hydrogens is 290 g/mol. The van der Waals surface area contributed by atoms with Crippen molar-refractivity contribution in [3.8, 4) is 5.75 Å². The molecule has 1 rings (SSSR count). The lowest BCUT2D eigenvalue weighted by Gasteiger charge is -2.22. The van der Waals surface area contributed by atoms with Crippen LogP contribution < -0.4 is 5.48 Å². The van der Waals surface area contributed by atoms with Crippen molar-refractivity contribution in [3.63, 3.8) is 0 Å². The van der Waals surface area contributed by atoms with Crippen LogP contribution in [-0.2, 0) is 9.59 Å². The van der Waals surface area contributed by atoms with Crippen LogP contribution in [0.3, 0.4) is 0 Å². The molecule has 0 aliphatic heterocycles. The summed E-state index contributed by atoms with van der Waals surface area (Å²) in [5.41, 5.74) is 1.65. The Hall–Kier alpha value is -1.53. The number of benzene rings is 1. The predicted molar refractivity (Wildman–Crippen MR) is 81.3 cm³/mol. The number of aldehydes is 1. The second-order valence-corrected chi connectivity index (χ2v) is 6.41. The first kappa shape index (κ1) is 17.5. The van der Waals surface area contributed by atoms with Gasteiger partial charge in [0.1, 0.15) is 12.0 Å². The molecule has 2 atom stereocenters. The average molecular weight is 311 g/mol. The monoisotopic (exact) mass is 311 g/mol. The van der Waals surface area contributed by atoms with E-state index < -0.39 is 17.7 Å². The maximum absolute atomic E-state index is 11.8. The van der Waals surface area contributed by atoms with Crippen LogP contribution in [0.1, 0.15) is 20.3 Å². The third-order valence-corrected chi connectivity index (χ3v) is 4.28. The second kappa shape index (κ2) is 8.69. The fraction of sp³-hybridized carbons (Fsp3) is 0.467. The zero-order valence-electron chi connectivity index (χ0n) is 12.2. The lowest BCUT2D eigenvalue weighted by atomic mass is 9.87. The van der Waals surface area contributed by atoms with Crippen molar-refractivity contribution in [1.29, 1.82) is 0 Å². The first-order valence-corrected chi connectivity index (χ1v) is 7.77. The van der Waals surface area contributed by atoms with Crippen molar-refractivity contribution in [2.24, 2.45) is 17.8 Å². The van der Waals surface area contributed by atoms with Gasteiger partial charge in [-0.3, -0.25) is 10.0 Å². The summed E-state index contributed by atoms with van der Waals surface area (Å²) < 4.78 is 0. The summed E-state index contributed by atoms with van der Waals surface area (Å²) in [5, 5.41) is 18.1. The fourth-order valence-corrected chi connectivity index (χ4v) is 3.16. The van der Waals surface area contributed by atoms with E-state index in [4.69, 9.17) is 5.21 Å². The zero-order valence-corrected chi connectivity index (χ0v) is 13.0. The summed E-state index contributed by atoms with van der Waals surface area (Å²) in [6.07, 6.45) is 1.38. The number of aromatic hydroxyl groups is 1. The van der Waals surface area contributed by atoms with Crippen LogP contribution in [0.15, 0.2) is 29.2 Å². The molecule has 0 aromatic heterocycles. The number of phenolic OH excluding ortho intramolecular Hbond substituents is 1. The lowest BCUT2D eigenvalue weighted by Crippen LogP contribution is -2.36. The number of nitrogens with one attached hydrogen (secondary N) is 1. The molecule has 0 spiro atoms. The highest BCUT2D eigenvalue weighted by atomic mass is 32.2. The van der Waals surface area contributed by atoms with Gasteiger partial charge in [-0.2, -0.15) is 0 Å². The summed E-state index contributed by atoms with van der Waals surface area (Å²) in [4.78, 5) is 23.9. The van der Waals surface area contributed by atoms with E-state index in [1.165, 1.54) is 11.8 Å². The van der Waals surface area contributed by atoms with Gasteiger partial charge in [0, 0.05) is 16.6 Å². The lowest BCUT2D eigenvalue weighted by molar-refractivity contribution is -0.136. The Morgan fingerprint density at radius 1 is 1.33 bits per heavy atom. The molecule has 21 heavy (non-hydrogen) atoms. The maximum Gasteiger partial charge on any atom is 0.248 e. The third-order valence-electron chi connectivity index (χ3n) is 3.15. The largest absolute Gasteiger partial charge is 0.508 e. The van der Waals surface area contributed by atoms with Crippen molar-refractivity contribution in [3.05, 3.63) is 24.3 Å². The molecule has 0 saturated carbocycles. The van der Waals surface area contributed by atoms with Gasteiger partial charge in [-0.25, -0.2) is 5.48 Å². The highest BCUT2D eigenvalue weighted by Gasteiger charge is 2.28. The molecule has 0 aliphatic rings. The Morgan fingerprint density at radius 2 is 1.95 bits per heavy atom. The van der Waals surface area contributed by atoms with Crippen LogP contribution >= 0.6 is 11.8 Å². The SMILES string of the molecule is CC(C)C[C@@H](C=O)[C@H](CSc1ccc(O)cc1)C(=O)NO. The van der Waals surface area contributed by atoms with Crippen molar-refractivity contribution in [2.45, 2.75) is 25.2 Å². The number of hydrogen-bond acceptors (Lipinski definition) is 5. The van der Waals surface area contributed by atoms with Crippen molar-refractivity contribution in [1.82, 2.24) is 5.48 Å². The molecule has 1 aromatic rings. The summed E-state index contributed by atoms with van der Waals surface area (Å²) >= 11 is 1.41. The smallest absolute Gasteiger partial charge is 0.248 e. The minimum absolute atomic E-state index is 0.176. The number of phenols is 1. The molecule has 116 valence electrons. The average Bonchev–Trinajstić information content (AvgIpc) is 2.47. The van der Waals surface area contributed by atoms with E-state index in [-0.39, 0.29) is 11.7 Å². The van der Waals surface area contributed by atoms with Crippen molar-refractivity contribution in [2.75, 3.05) is 5.75 Å². The highest BCUT2D eigenvalue weighted by molar-refractivity contribution is 7.99. The summed E-state index contributed by atoms with van der Waals surface area (Å²) in [6, 6.07) is 6.61. The van der Waals surface area contributed by atoms with Crippen LogP contribution in [-0.4, -0.2) is 28.3 Å². The van der Waals surface area contributed by atoms with Gasteiger partial charge in [0.25, 0.3) is 0 Å². The standard InChI is InChI=1S/C15H21NO4S/c1-10(2)7-11(8-17)14(15(19)16-20)9-21-13-5-3-12(18)4-6-13/h3-6,8,10-11,14,18,20H,7,9H2,1-2H3,(H,16,19)/t11-,14-/m0/s1. The van der Waals surface area contributed by atoms with Gasteiger partial charge in [0.2, 0.25) is 5.91 Å². The predicted octanol–water partition coefficient (Wildman–Crippen LogP) is 2.47. The molecule has 0 saturated heterocycles. The van der Waals surface area contributed by atoms with Gasteiger partial charge in [-0.05, 0) is 36.6 Å². The van der Waals surface area contributed by atoms with E-state index in [0.29, 0.717) is 12.2 Å². The topological polar surface area (TPSA) is 86.6 Å². The number of carbonyl (C=O) groups is 2. The van der Waals surface area contributed by atoms with Gasteiger partial charge in [-0.15, -0.1) is 11.8 Å². The molecule has 0 radical (unpaired) electrons. The number of carbonyl (C=O) groups excluding carboxylic acids is 2. The third kappa shape index (κ3) is 5.77. The molecule has 0 fully saturated rings.